The highest BCUT2D eigenvalue weighted by atomic mass is 19.1. The smallest absolute Gasteiger partial charge is 0.407 e. The maximum Gasteiger partial charge on any atom is 0.407 e. The predicted molar refractivity (Wildman–Crippen MR) is 95.9 cm³/mol. The zero-order chi connectivity index (χ0) is 18.8. The van der Waals surface area contributed by atoms with Gasteiger partial charge in [-0.15, -0.1) is 5.10 Å². The largest absolute Gasteiger partial charge is 0.473 e. The van der Waals surface area contributed by atoms with Gasteiger partial charge in [-0.25, -0.2) is 13.9 Å². The van der Waals surface area contributed by atoms with Crippen molar-refractivity contribution in [2.75, 3.05) is 26.3 Å². The van der Waals surface area contributed by atoms with E-state index in [-0.39, 0.29) is 25.1 Å². The first kappa shape index (κ1) is 17.3. The average Bonchev–Trinajstić information content (AvgIpc) is 3.06. The molecule has 0 saturated carbocycles. The fourth-order valence-corrected chi connectivity index (χ4v) is 3.12. The number of carbonyl (C=O) groups is 1. The van der Waals surface area contributed by atoms with Gasteiger partial charge in [-0.1, -0.05) is 24.3 Å². The lowest BCUT2D eigenvalue weighted by molar-refractivity contribution is -0.0416. The van der Waals surface area contributed by atoms with E-state index in [1.807, 2.05) is 24.3 Å². The second kappa shape index (κ2) is 7.24. The molecule has 0 unspecified atom stereocenters. The number of aromatic nitrogens is 2. The number of fused-ring (bicyclic) bond motifs is 1. The Labute approximate surface area is 154 Å². The second-order valence-electron chi connectivity index (χ2n) is 6.22. The summed E-state index contributed by atoms with van der Waals surface area (Å²) in [6.45, 7) is 1.06. The summed E-state index contributed by atoms with van der Waals surface area (Å²) in [5.41, 5.74) is 1.05. The quantitative estimate of drug-likeness (QED) is 0.763. The number of amides is 1. The molecule has 1 aliphatic heterocycles. The molecule has 0 bridgehead atoms. The number of rotatable bonds is 4. The summed E-state index contributed by atoms with van der Waals surface area (Å²) in [4.78, 5) is 12.4. The van der Waals surface area contributed by atoms with Crippen molar-refractivity contribution in [3.8, 4) is 11.6 Å². The van der Waals surface area contributed by atoms with Crippen LogP contribution in [0.4, 0.5) is 9.18 Å². The van der Waals surface area contributed by atoms with Crippen molar-refractivity contribution in [1.82, 2.24) is 14.7 Å². The van der Waals surface area contributed by atoms with Crippen LogP contribution in [0.5, 0.6) is 5.88 Å². The number of hydrogen-bond donors (Lipinski definition) is 1. The molecule has 27 heavy (non-hydrogen) atoms. The molecule has 2 aromatic carbocycles. The number of para-hydroxylation sites is 2. The highest BCUT2D eigenvalue weighted by Crippen LogP contribution is 2.28. The maximum absolute atomic E-state index is 14.2. The highest BCUT2D eigenvalue weighted by molar-refractivity contribution is 5.86. The Bertz CT molecular complexity index is 974. The van der Waals surface area contributed by atoms with Crippen molar-refractivity contribution in [3.63, 3.8) is 0 Å². The number of nitrogens with zero attached hydrogens (tertiary/aromatic N) is 3. The summed E-state index contributed by atoms with van der Waals surface area (Å²) >= 11 is 0. The van der Waals surface area contributed by atoms with Gasteiger partial charge in [0.25, 0.3) is 0 Å². The van der Waals surface area contributed by atoms with Gasteiger partial charge in [0.2, 0.25) is 5.88 Å². The van der Waals surface area contributed by atoms with Crippen molar-refractivity contribution < 1.29 is 23.8 Å². The van der Waals surface area contributed by atoms with E-state index < -0.39 is 6.09 Å². The Kier molecular flexibility index (Phi) is 4.64. The molecular weight excluding hydrogens is 353 g/mol. The summed E-state index contributed by atoms with van der Waals surface area (Å²) in [6.07, 6.45) is -1.36. The molecule has 2 heterocycles. The van der Waals surface area contributed by atoms with E-state index in [0.29, 0.717) is 30.2 Å². The Morgan fingerprint density at radius 2 is 2.04 bits per heavy atom. The van der Waals surface area contributed by atoms with E-state index in [0.717, 1.165) is 5.39 Å². The Morgan fingerprint density at radius 1 is 1.26 bits per heavy atom. The van der Waals surface area contributed by atoms with Crippen LogP contribution < -0.4 is 4.74 Å². The zero-order valence-corrected chi connectivity index (χ0v) is 14.4. The second-order valence-corrected chi connectivity index (χ2v) is 6.22. The van der Waals surface area contributed by atoms with Crippen molar-refractivity contribution in [2.24, 2.45) is 0 Å². The summed E-state index contributed by atoms with van der Waals surface area (Å²) in [5, 5.41) is 14.3. The van der Waals surface area contributed by atoms with Gasteiger partial charge in [-0.3, -0.25) is 0 Å². The van der Waals surface area contributed by atoms with E-state index in [2.05, 4.69) is 5.10 Å². The molecule has 0 aliphatic carbocycles. The van der Waals surface area contributed by atoms with Crippen molar-refractivity contribution in [1.29, 1.82) is 0 Å². The standard InChI is InChI=1S/C19H18FN3O4/c20-15-6-2-4-8-17(15)23-16-7-3-1-5-14(16)18(21-23)27-12-13-11-22(19(24)25)9-10-26-13/h1-8,13H,9-12H2,(H,24,25)/t13-/m0/s1. The maximum atomic E-state index is 14.2. The highest BCUT2D eigenvalue weighted by Gasteiger charge is 2.25. The third kappa shape index (κ3) is 3.43. The van der Waals surface area contributed by atoms with Crippen LogP contribution in [0.1, 0.15) is 0 Å². The Morgan fingerprint density at radius 3 is 2.85 bits per heavy atom. The van der Waals surface area contributed by atoms with E-state index in [9.17, 15) is 9.18 Å². The fraction of sp³-hybridized carbons (Fsp3) is 0.263. The van der Waals surface area contributed by atoms with Gasteiger partial charge >= 0.3 is 6.09 Å². The van der Waals surface area contributed by atoms with E-state index in [1.165, 1.54) is 15.6 Å². The van der Waals surface area contributed by atoms with Gasteiger partial charge in [-0.2, -0.15) is 0 Å². The SMILES string of the molecule is O=C(O)N1CCO[C@H](COc2nn(-c3ccccc3F)c3ccccc23)C1. The molecule has 7 nitrogen and oxygen atoms in total. The molecule has 8 heteroatoms. The molecule has 1 saturated heterocycles. The number of morpholine rings is 1. The van der Waals surface area contributed by atoms with Crippen molar-refractivity contribution >= 4 is 17.0 Å². The first-order valence-electron chi connectivity index (χ1n) is 8.58. The normalized spacial score (nSPS) is 17.2. The van der Waals surface area contributed by atoms with Crippen molar-refractivity contribution in [2.45, 2.75) is 6.10 Å². The lowest BCUT2D eigenvalue weighted by Crippen LogP contribution is -2.47. The molecule has 1 atom stereocenters. The lowest BCUT2D eigenvalue weighted by atomic mass is 10.2. The predicted octanol–water partition coefficient (Wildman–Crippen LogP) is 2.92. The molecule has 0 radical (unpaired) electrons. The molecule has 4 rings (SSSR count). The lowest BCUT2D eigenvalue weighted by Gasteiger charge is -2.30. The average molecular weight is 371 g/mol. The van der Waals surface area contributed by atoms with Gasteiger partial charge in [0.15, 0.2) is 0 Å². The summed E-state index contributed by atoms with van der Waals surface area (Å²) in [5.74, 6) is -0.0325. The zero-order valence-electron chi connectivity index (χ0n) is 14.4. The molecule has 140 valence electrons. The molecule has 1 fully saturated rings. The minimum Gasteiger partial charge on any atom is -0.473 e. The summed E-state index contributed by atoms with van der Waals surface area (Å²) in [6, 6.07) is 13.8. The number of carboxylic acid groups (broad SMARTS) is 1. The van der Waals surface area contributed by atoms with Gasteiger partial charge in [-0.05, 0) is 24.3 Å². The number of halogens is 1. The van der Waals surface area contributed by atoms with Crippen LogP contribution in [0.3, 0.4) is 0 Å². The molecule has 0 spiro atoms. The third-order valence-corrected chi connectivity index (χ3v) is 4.45. The van der Waals surface area contributed by atoms with Crippen LogP contribution in [0.15, 0.2) is 48.5 Å². The molecule has 3 aromatic rings. The van der Waals surface area contributed by atoms with Crippen LogP contribution >= 0.6 is 0 Å². The fourth-order valence-electron chi connectivity index (χ4n) is 3.12. The number of ether oxygens (including phenoxy) is 2. The van der Waals surface area contributed by atoms with Gasteiger partial charge in [0, 0.05) is 6.54 Å². The minimum atomic E-state index is -0.974. The number of hydrogen-bond acceptors (Lipinski definition) is 4. The topological polar surface area (TPSA) is 76.8 Å². The Hall–Kier alpha value is -3.13. The van der Waals surface area contributed by atoms with Gasteiger partial charge < -0.3 is 19.5 Å². The van der Waals surface area contributed by atoms with Crippen LogP contribution in [0.25, 0.3) is 16.6 Å². The van der Waals surface area contributed by atoms with Crippen molar-refractivity contribution in [3.05, 3.63) is 54.3 Å². The van der Waals surface area contributed by atoms with E-state index >= 15 is 0 Å². The first-order chi connectivity index (χ1) is 13.1. The molecule has 1 N–H and O–H groups in total. The van der Waals surface area contributed by atoms with Crippen LogP contribution in [0, 0.1) is 5.82 Å². The molecule has 1 aliphatic rings. The van der Waals surface area contributed by atoms with Gasteiger partial charge in [0.05, 0.1) is 24.1 Å². The number of benzene rings is 2. The molecule has 1 amide bonds. The molecule has 1 aromatic heterocycles. The first-order valence-corrected chi connectivity index (χ1v) is 8.58. The summed E-state index contributed by atoms with van der Waals surface area (Å²) < 4.78 is 27.1. The van der Waals surface area contributed by atoms with Gasteiger partial charge in [0.1, 0.15) is 24.2 Å². The Balaban J connectivity index is 1.60. The van der Waals surface area contributed by atoms with Crippen LogP contribution in [-0.2, 0) is 4.74 Å². The third-order valence-electron chi connectivity index (χ3n) is 4.45. The monoisotopic (exact) mass is 371 g/mol. The van der Waals surface area contributed by atoms with E-state index in [1.54, 1.807) is 18.2 Å². The summed E-state index contributed by atoms with van der Waals surface area (Å²) in [7, 11) is 0. The van der Waals surface area contributed by atoms with Crippen LogP contribution in [0.2, 0.25) is 0 Å². The van der Waals surface area contributed by atoms with Crippen LogP contribution in [-0.4, -0.2) is 58.3 Å². The minimum absolute atomic E-state index is 0.155. The van der Waals surface area contributed by atoms with E-state index in [4.69, 9.17) is 14.6 Å². The molecular formula is C19H18FN3O4.